The highest BCUT2D eigenvalue weighted by molar-refractivity contribution is 7.99. The number of carbonyl (C=O) groups is 1. The van der Waals surface area contributed by atoms with E-state index in [0.717, 1.165) is 0 Å². The van der Waals surface area contributed by atoms with Crippen molar-refractivity contribution in [3.63, 3.8) is 0 Å². The number of hydrogen-bond donors (Lipinski definition) is 1. The number of aromatic nitrogens is 2. The minimum Gasteiger partial charge on any atom is -0.348 e. The van der Waals surface area contributed by atoms with Gasteiger partial charge in [0.1, 0.15) is 6.54 Å². The quantitative estimate of drug-likeness (QED) is 0.792. The van der Waals surface area contributed by atoms with E-state index in [2.05, 4.69) is 10.3 Å². The lowest BCUT2D eigenvalue weighted by molar-refractivity contribution is -0.123. The SMILES string of the molecule is CC1(NC(=O)Cn2c(SC(F)F)nc3ccccc32)CCS(=O)(=O)C1. The van der Waals surface area contributed by atoms with Crippen LogP contribution in [0.15, 0.2) is 29.4 Å². The van der Waals surface area contributed by atoms with Crippen LogP contribution in [0.4, 0.5) is 8.78 Å². The zero-order valence-corrected chi connectivity index (χ0v) is 15.0. The van der Waals surface area contributed by atoms with Crippen LogP contribution >= 0.6 is 11.8 Å². The molecule has 0 aliphatic carbocycles. The first-order valence-corrected chi connectivity index (χ1v) is 10.3. The fourth-order valence-corrected chi connectivity index (χ4v) is 5.70. The van der Waals surface area contributed by atoms with Gasteiger partial charge in [-0.05, 0) is 37.2 Å². The van der Waals surface area contributed by atoms with Crippen LogP contribution in [0.1, 0.15) is 13.3 Å². The van der Waals surface area contributed by atoms with Crippen molar-refractivity contribution in [1.29, 1.82) is 0 Å². The van der Waals surface area contributed by atoms with Gasteiger partial charge in [0.25, 0.3) is 5.76 Å². The second kappa shape index (κ2) is 6.56. The summed E-state index contributed by atoms with van der Waals surface area (Å²) < 4.78 is 50.3. The zero-order valence-electron chi connectivity index (χ0n) is 13.4. The largest absolute Gasteiger partial charge is 0.348 e. The predicted molar refractivity (Wildman–Crippen MR) is 91.4 cm³/mol. The molecule has 1 atom stereocenters. The molecule has 1 amide bonds. The summed E-state index contributed by atoms with van der Waals surface area (Å²) in [5.74, 6) is -3.17. The van der Waals surface area contributed by atoms with E-state index in [1.165, 1.54) is 4.57 Å². The molecule has 1 N–H and O–H groups in total. The Labute approximate surface area is 147 Å². The number of carbonyl (C=O) groups excluding carboxylic acids is 1. The molecule has 1 aromatic heterocycles. The number of rotatable bonds is 5. The van der Waals surface area contributed by atoms with Crippen LogP contribution < -0.4 is 5.32 Å². The normalized spacial score (nSPS) is 22.6. The maximum absolute atomic E-state index is 12.8. The third kappa shape index (κ3) is 4.12. The lowest BCUT2D eigenvalue weighted by atomic mass is 10.0. The van der Waals surface area contributed by atoms with Gasteiger partial charge >= 0.3 is 0 Å². The van der Waals surface area contributed by atoms with Crippen LogP contribution in [0.25, 0.3) is 11.0 Å². The standard InChI is InChI=1S/C15H17F2N3O3S2/c1-15(6-7-25(22,23)9-15)19-12(21)8-20-11-5-3-2-4-10(11)18-14(20)24-13(16)17/h2-5,13H,6-9H2,1H3,(H,19,21). The van der Waals surface area contributed by atoms with Crippen molar-refractivity contribution in [2.75, 3.05) is 11.5 Å². The second-order valence-corrected chi connectivity index (χ2v) is 9.44. The molecule has 6 nitrogen and oxygen atoms in total. The first-order valence-electron chi connectivity index (χ1n) is 7.59. The predicted octanol–water partition coefficient (Wildman–Crippen LogP) is 2.04. The molecular formula is C15H17F2N3O3S2. The molecule has 136 valence electrons. The topological polar surface area (TPSA) is 81.1 Å². The first kappa shape index (κ1) is 18.1. The van der Waals surface area contributed by atoms with Gasteiger partial charge in [-0.25, -0.2) is 13.4 Å². The molecule has 1 saturated heterocycles. The van der Waals surface area contributed by atoms with Gasteiger partial charge in [-0.1, -0.05) is 12.1 Å². The molecule has 1 fully saturated rings. The van der Waals surface area contributed by atoms with Crippen LogP contribution in [0, 0.1) is 0 Å². The van der Waals surface area contributed by atoms with E-state index in [4.69, 9.17) is 0 Å². The molecule has 25 heavy (non-hydrogen) atoms. The van der Waals surface area contributed by atoms with Crippen LogP contribution in [-0.4, -0.2) is 46.7 Å². The smallest absolute Gasteiger partial charge is 0.291 e. The number of thioether (sulfide) groups is 1. The number of halogens is 2. The van der Waals surface area contributed by atoms with Crippen molar-refractivity contribution in [2.24, 2.45) is 0 Å². The Morgan fingerprint density at radius 1 is 1.44 bits per heavy atom. The van der Waals surface area contributed by atoms with E-state index in [0.29, 0.717) is 17.5 Å². The molecule has 1 aromatic carbocycles. The Hall–Kier alpha value is -1.68. The summed E-state index contributed by atoms with van der Waals surface area (Å²) in [6.07, 6.45) is 0.338. The van der Waals surface area contributed by atoms with Crippen LogP contribution in [-0.2, 0) is 21.2 Å². The highest BCUT2D eigenvalue weighted by Gasteiger charge is 2.39. The van der Waals surface area contributed by atoms with Crippen LogP contribution in [0.5, 0.6) is 0 Å². The average Bonchev–Trinajstić information content (AvgIpc) is 2.96. The number of alkyl halides is 2. The van der Waals surface area contributed by atoms with Crippen LogP contribution in [0.3, 0.4) is 0 Å². The third-order valence-electron chi connectivity index (χ3n) is 4.06. The van der Waals surface area contributed by atoms with Crippen molar-refractivity contribution in [3.8, 4) is 0 Å². The van der Waals surface area contributed by atoms with Crippen molar-refractivity contribution in [3.05, 3.63) is 24.3 Å². The number of fused-ring (bicyclic) bond motifs is 1. The number of nitrogens with zero attached hydrogens (tertiary/aromatic N) is 2. The van der Waals surface area contributed by atoms with Gasteiger partial charge < -0.3 is 9.88 Å². The fourth-order valence-electron chi connectivity index (χ4n) is 3.00. The third-order valence-corrected chi connectivity index (χ3v) is 6.66. The van der Waals surface area contributed by atoms with Gasteiger partial charge in [0.15, 0.2) is 15.0 Å². The summed E-state index contributed by atoms with van der Waals surface area (Å²) in [6.45, 7) is 1.47. The Kier molecular flexibility index (Phi) is 4.76. The average molecular weight is 389 g/mol. The highest BCUT2D eigenvalue weighted by atomic mass is 32.2. The Balaban J connectivity index is 1.83. The van der Waals surface area contributed by atoms with E-state index in [9.17, 15) is 22.0 Å². The molecule has 10 heteroatoms. The Bertz CT molecular complexity index is 914. The minimum atomic E-state index is -3.16. The highest BCUT2D eigenvalue weighted by Crippen LogP contribution is 2.29. The lowest BCUT2D eigenvalue weighted by Crippen LogP contribution is -2.48. The number of nitrogens with one attached hydrogen (secondary N) is 1. The summed E-state index contributed by atoms with van der Waals surface area (Å²) in [7, 11) is -3.16. The summed E-state index contributed by atoms with van der Waals surface area (Å²) in [5, 5.41) is 2.78. The molecule has 0 spiro atoms. The molecule has 1 unspecified atom stereocenters. The minimum absolute atomic E-state index is 0.0320. The fraction of sp³-hybridized carbons (Fsp3) is 0.467. The lowest BCUT2D eigenvalue weighted by Gasteiger charge is -2.24. The summed E-state index contributed by atoms with van der Waals surface area (Å²) in [5.41, 5.74) is 0.264. The monoisotopic (exact) mass is 389 g/mol. The first-order chi connectivity index (χ1) is 11.7. The van der Waals surface area contributed by atoms with Gasteiger partial charge in [-0.3, -0.25) is 4.79 Å². The molecule has 1 aliphatic heterocycles. The van der Waals surface area contributed by atoms with Gasteiger partial charge in [-0.15, -0.1) is 0 Å². The van der Waals surface area contributed by atoms with Crippen LogP contribution in [0.2, 0.25) is 0 Å². The van der Waals surface area contributed by atoms with Crippen molar-refractivity contribution in [2.45, 2.75) is 36.3 Å². The van der Waals surface area contributed by atoms with E-state index >= 15 is 0 Å². The maximum atomic E-state index is 12.8. The summed E-state index contributed by atoms with van der Waals surface area (Å²) in [6, 6.07) is 6.86. The maximum Gasteiger partial charge on any atom is 0.291 e. The molecule has 0 radical (unpaired) electrons. The molecular weight excluding hydrogens is 372 g/mol. The molecule has 1 aliphatic rings. The Morgan fingerprint density at radius 2 is 2.16 bits per heavy atom. The molecule has 0 bridgehead atoms. The number of benzene rings is 1. The van der Waals surface area contributed by atoms with E-state index in [1.54, 1.807) is 31.2 Å². The molecule has 0 saturated carbocycles. The van der Waals surface area contributed by atoms with Gasteiger partial charge in [0, 0.05) is 0 Å². The van der Waals surface area contributed by atoms with Crippen molar-refractivity contribution in [1.82, 2.24) is 14.9 Å². The molecule has 2 heterocycles. The Morgan fingerprint density at radius 3 is 2.80 bits per heavy atom. The number of hydrogen-bond acceptors (Lipinski definition) is 5. The number of sulfone groups is 1. The van der Waals surface area contributed by atoms with Gasteiger partial charge in [0.2, 0.25) is 5.91 Å². The number of para-hydroxylation sites is 2. The second-order valence-electron chi connectivity index (χ2n) is 6.30. The van der Waals surface area contributed by atoms with E-state index in [-0.39, 0.29) is 35.0 Å². The summed E-state index contributed by atoms with van der Waals surface area (Å²) >= 11 is 0.277. The number of imidazole rings is 1. The van der Waals surface area contributed by atoms with E-state index < -0.39 is 27.0 Å². The summed E-state index contributed by atoms with van der Waals surface area (Å²) in [4.78, 5) is 16.6. The van der Waals surface area contributed by atoms with Crippen molar-refractivity contribution >= 4 is 38.5 Å². The molecule has 2 aromatic rings. The molecule has 3 rings (SSSR count). The van der Waals surface area contributed by atoms with Crippen molar-refractivity contribution < 1.29 is 22.0 Å². The van der Waals surface area contributed by atoms with Gasteiger partial charge in [-0.2, -0.15) is 8.78 Å². The van der Waals surface area contributed by atoms with E-state index in [1.807, 2.05) is 0 Å². The number of amides is 1. The van der Waals surface area contributed by atoms with Gasteiger partial charge in [0.05, 0.1) is 28.1 Å². The zero-order chi connectivity index (χ0) is 18.2.